The minimum Gasteiger partial charge on any atom is -0.359 e. The molecule has 2 saturated carbocycles. The number of carbonyl (C=O) groups is 3. The molecular formula is C34H47N3O4. The van der Waals surface area contributed by atoms with Crippen molar-refractivity contribution in [1.82, 2.24) is 10.2 Å². The van der Waals surface area contributed by atoms with Crippen LogP contribution in [0.5, 0.6) is 0 Å². The summed E-state index contributed by atoms with van der Waals surface area (Å²) >= 11 is 0. The summed E-state index contributed by atoms with van der Waals surface area (Å²) in [6.07, 6.45) is 10.6. The lowest BCUT2D eigenvalue weighted by Crippen LogP contribution is -2.60. The third-order valence-electron chi connectivity index (χ3n) is 11.2. The normalized spacial score (nSPS) is 39.7. The van der Waals surface area contributed by atoms with Crippen LogP contribution in [0.15, 0.2) is 36.4 Å². The van der Waals surface area contributed by atoms with Crippen LogP contribution in [0.2, 0.25) is 0 Å². The SMILES string of the molecule is CC(C)c1ccc(NC(=O)C2C3C=CC4(O3)C2C(=O)N(C2CCCCC2C)C4C(=O)NC2CCCC(C)C2C)cc1. The number of hydrogen-bond donors (Lipinski definition) is 2. The molecule has 3 aliphatic heterocycles. The number of fused-ring (bicyclic) bond motifs is 1. The van der Waals surface area contributed by atoms with E-state index in [0.717, 1.165) is 38.5 Å². The van der Waals surface area contributed by atoms with Crippen molar-refractivity contribution < 1.29 is 19.1 Å². The Morgan fingerprint density at radius 1 is 0.951 bits per heavy atom. The van der Waals surface area contributed by atoms with Gasteiger partial charge in [0.15, 0.2) is 0 Å². The predicted octanol–water partition coefficient (Wildman–Crippen LogP) is 5.42. The summed E-state index contributed by atoms with van der Waals surface area (Å²) in [6, 6.07) is 7.18. The molecule has 2 N–H and O–H groups in total. The van der Waals surface area contributed by atoms with Gasteiger partial charge in [0.05, 0.1) is 17.9 Å². The first-order valence-corrected chi connectivity index (χ1v) is 16.0. The Bertz CT molecular complexity index is 1210. The highest BCUT2D eigenvalue weighted by Gasteiger charge is 2.73. The van der Waals surface area contributed by atoms with Crippen LogP contribution >= 0.6 is 0 Å². The lowest BCUT2D eigenvalue weighted by Gasteiger charge is -2.42. The Labute approximate surface area is 244 Å². The molecule has 0 aromatic heterocycles. The van der Waals surface area contributed by atoms with Crippen LogP contribution in [-0.2, 0) is 19.1 Å². The largest absolute Gasteiger partial charge is 0.359 e. The van der Waals surface area contributed by atoms with Gasteiger partial charge in [-0.2, -0.15) is 0 Å². The molecule has 2 bridgehead atoms. The van der Waals surface area contributed by atoms with Crippen LogP contribution < -0.4 is 10.6 Å². The molecule has 2 saturated heterocycles. The first kappa shape index (κ1) is 28.4. The van der Waals surface area contributed by atoms with E-state index in [0.29, 0.717) is 29.4 Å². The van der Waals surface area contributed by atoms with Crippen molar-refractivity contribution in [2.45, 2.75) is 115 Å². The maximum absolute atomic E-state index is 14.5. The van der Waals surface area contributed by atoms with E-state index in [9.17, 15) is 14.4 Å². The van der Waals surface area contributed by atoms with Gasteiger partial charge in [-0.3, -0.25) is 14.4 Å². The Morgan fingerprint density at radius 3 is 2.37 bits per heavy atom. The van der Waals surface area contributed by atoms with Crippen molar-refractivity contribution in [3.8, 4) is 0 Å². The van der Waals surface area contributed by atoms with Crippen LogP contribution in [0, 0.1) is 29.6 Å². The van der Waals surface area contributed by atoms with Crippen molar-refractivity contribution in [3.05, 3.63) is 42.0 Å². The zero-order valence-corrected chi connectivity index (χ0v) is 25.3. The van der Waals surface area contributed by atoms with Gasteiger partial charge in [0, 0.05) is 17.8 Å². The van der Waals surface area contributed by atoms with E-state index in [1.807, 2.05) is 41.3 Å². The van der Waals surface area contributed by atoms with Gasteiger partial charge in [0.25, 0.3) is 0 Å². The number of ether oxygens (including phenoxy) is 1. The van der Waals surface area contributed by atoms with E-state index in [-0.39, 0.29) is 29.8 Å². The average molecular weight is 562 g/mol. The molecule has 2 aliphatic carbocycles. The van der Waals surface area contributed by atoms with E-state index in [4.69, 9.17) is 4.74 Å². The number of anilines is 1. The van der Waals surface area contributed by atoms with E-state index < -0.39 is 29.6 Å². The summed E-state index contributed by atoms with van der Waals surface area (Å²) in [5.74, 6) is -0.223. The second kappa shape index (κ2) is 10.9. The fourth-order valence-corrected chi connectivity index (χ4v) is 8.50. The molecule has 4 fully saturated rings. The first-order chi connectivity index (χ1) is 19.6. The minimum absolute atomic E-state index is 0.0296. The summed E-state index contributed by atoms with van der Waals surface area (Å²) in [4.78, 5) is 44.5. The van der Waals surface area contributed by atoms with Crippen molar-refractivity contribution in [2.75, 3.05) is 5.32 Å². The van der Waals surface area contributed by atoms with Gasteiger partial charge in [-0.1, -0.05) is 84.6 Å². The number of hydrogen-bond acceptors (Lipinski definition) is 4. The smallest absolute Gasteiger partial charge is 0.246 e. The van der Waals surface area contributed by atoms with Crippen LogP contribution in [0.4, 0.5) is 5.69 Å². The van der Waals surface area contributed by atoms with Crippen molar-refractivity contribution in [3.63, 3.8) is 0 Å². The minimum atomic E-state index is -1.12. The zero-order valence-electron chi connectivity index (χ0n) is 25.3. The molecule has 6 rings (SSSR count). The zero-order chi connectivity index (χ0) is 29.1. The average Bonchev–Trinajstić information content (AvgIpc) is 3.59. The molecular weight excluding hydrogens is 514 g/mol. The topological polar surface area (TPSA) is 87.7 Å². The van der Waals surface area contributed by atoms with Gasteiger partial charge in [0.2, 0.25) is 17.7 Å². The molecule has 1 aromatic carbocycles. The van der Waals surface area contributed by atoms with Gasteiger partial charge in [-0.25, -0.2) is 0 Å². The number of rotatable bonds is 6. The number of likely N-dealkylation sites (tertiary alicyclic amines) is 1. The summed E-state index contributed by atoms with van der Waals surface area (Å²) in [6.45, 7) is 11.0. The molecule has 222 valence electrons. The predicted molar refractivity (Wildman–Crippen MR) is 159 cm³/mol. The maximum Gasteiger partial charge on any atom is 0.246 e. The van der Waals surface area contributed by atoms with Crippen LogP contribution in [0.3, 0.4) is 0 Å². The summed E-state index contributed by atoms with van der Waals surface area (Å²) < 4.78 is 6.61. The van der Waals surface area contributed by atoms with Gasteiger partial charge in [0.1, 0.15) is 11.6 Å². The molecule has 1 spiro atoms. The second-order valence-electron chi connectivity index (χ2n) is 13.9. The van der Waals surface area contributed by atoms with E-state index in [2.05, 4.69) is 45.3 Å². The van der Waals surface area contributed by atoms with Crippen molar-refractivity contribution in [2.24, 2.45) is 29.6 Å². The van der Waals surface area contributed by atoms with Crippen molar-refractivity contribution >= 4 is 23.4 Å². The molecule has 3 heterocycles. The third kappa shape index (κ3) is 4.72. The molecule has 3 amide bonds. The second-order valence-corrected chi connectivity index (χ2v) is 13.9. The van der Waals surface area contributed by atoms with Gasteiger partial charge >= 0.3 is 0 Å². The van der Waals surface area contributed by atoms with Crippen LogP contribution in [0.1, 0.15) is 91.0 Å². The molecule has 1 aromatic rings. The Hall–Kier alpha value is -2.67. The molecule has 7 heteroatoms. The summed E-state index contributed by atoms with van der Waals surface area (Å²) in [5.41, 5.74) is 0.792. The monoisotopic (exact) mass is 561 g/mol. The lowest BCUT2D eigenvalue weighted by atomic mass is 9.73. The Morgan fingerprint density at radius 2 is 1.66 bits per heavy atom. The van der Waals surface area contributed by atoms with Crippen LogP contribution in [-0.4, -0.2) is 52.5 Å². The number of amides is 3. The summed E-state index contributed by atoms with van der Waals surface area (Å²) in [5, 5.41) is 6.45. The van der Waals surface area contributed by atoms with Gasteiger partial charge < -0.3 is 20.3 Å². The van der Waals surface area contributed by atoms with Crippen molar-refractivity contribution in [1.29, 1.82) is 0 Å². The fourth-order valence-electron chi connectivity index (χ4n) is 8.50. The molecule has 0 radical (unpaired) electrons. The Kier molecular flexibility index (Phi) is 7.54. The number of benzene rings is 1. The van der Waals surface area contributed by atoms with E-state index in [1.165, 1.54) is 12.0 Å². The molecule has 5 aliphatic rings. The molecule has 7 nitrogen and oxygen atoms in total. The van der Waals surface area contributed by atoms with E-state index in [1.54, 1.807) is 0 Å². The molecule has 10 atom stereocenters. The number of nitrogens with one attached hydrogen (secondary N) is 2. The maximum atomic E-state index is 14.5. The van der Waals surface area contributed by atoms with Gasteiger partial charge in [-0.15, -0.1) is 0 Å². The highest BCUT2D eigenvalue weighted by Crippen LogP contribution is 2.56. The number of nitrogens with zero attached hydrogens (tertiary/aromatic N) is 1. The molecule has 10 unspecified atom stereocenters. The standard InChI is InChI=1S/C34H47N3O4/c1-19(2)23-13-15-24(16-14-23)35-31(38)28-27-17-18-34(41-27)29(28)33(40)37(26-12-7-6-9-21(26)4)30(34)32(39)36-25-11-8-10-20(3)22(25)5/h13-22,25-30H,6-12H2,1-5H3,(H,35,38)(H,36,39). The lowest BCUT2D eigenvalue weighted by molar-refractivity contribution is -0.146. The fraction of sp³-hybridized carbons (Fsp3) is 0.676. The van der Waals surface area contributed by atoms with Crippen LogP contribution in [0.25, 0.3) is 0 Å². The Balaban J connectivity index is 1.31. The highest BCUT2D eigenvalue weighted by molar-refractivity contribution is 6.03. The quantitative estimate of drug-likeness (QED) is 0.454. The summed E-state index contributed by atoms with van der Waals surface area (Å²) in [7, 11) is 0. The van der Waals surface area contributed by atoms with E-state index >= 15 is 0 Å². The molecule has 41 heavy (non-hydrogen) atoms. The highest BCUT2D eigenvalue weighted by atomic mass is 16.5. The number of carbonyl (C=O) groups excluding carboxylic acids is 3. The first-order valence-electron chi connectivity index (χ1n) is 16.0. The third-order valence-corrected chi connectivity index (χ3v) is 11.2. The van der Waals surface area contributed by atoms with Gasteiger partial charge in [-0.05, 0) is 60.6 Å².